The summed E-state index contributed by atoms with van der Waals surface area (Å²) >= 11 is 7.87. The van der Waals surface area contributed by atoms with Crippen LogP contribution in [0.2, 0.25) is 4.34 Å². The van der Waals surface area contributed by atoms with E-state index in [-0.39, 0.29) is 45.1 Å². The summed E-state index contributed by atoms with van der Waals surface area (Å²) < 4.78 is 61.7. The molecule has 1 saturated heterocycles. The first-order valence-corrected chi connectivity index (χ1v) is 14.0. The Kier molecular flexibility index (Phi) is 6.66. The zero-order chi connectivity index (χ0) is 24.7. The number of halogens is 3. The SMILES string of the molecule is O=C(C1CCCN(S(=O)(=O)c2ccc(Cl)s2)C1)N(Cc1ccco1)c1nc2c(F)cc(F)cc2s1. The van der Waals surface area contributed by atoms with Gasteiger partial charge in [0.25, 0.3) is 10.0 Å². The van der Waals surface area contributed by atoms with Gasteiger partial charge in [-0.05, 0) is 43.2 Å². The number of piperidine rings is 1. The molecule has 5 rings (SSSR count). The van der Waals surface area contributed by atoms with Crippen molar-refractivity contribution in [3.05, 3.63) is 64.4 Å². The average Bonchev–Trinajstić information content (AvgIpc) is 3.58. The van der Waals surface area contributed by atoms with Gasteiger partial charge in [0.2, 0.25) is 5.91 Å². The first-order chi connectivity index (χ1) is 16.7. The molecule has 1 aliphatic rings. The fourth-order valence-corrected chi connectivity index (χ4v) is 8.18. The lowest BCUT2D eigenvalue weighted by Crippen LogP contribution is -2.46. The van der Waals surface area contributed by atoms with E-state index in [2.05, 4.69) is 4.98 Å². The van der Waals surface area contributed by atoms with Crippen molar-refractivity contribution in [1.82, 2.24) is 9.29 Å². The number of fused-ring (bicyclic) bond motifs is 1. The van der Waals surface area contributed by atoms with Crippen molar-refractivity contribution in [2.45, 2.75) is 23.6 Å². The van der Waals surface area contributed by atoms with Gasteiger partial charge in [0, 0.05) is 19.2 Å². The highest BCUT2D eigenvalue weighted by Gasteiger charge is 2.37. The van der Waals surface area contributed by atoms with Gasteiger partial charge in [-0.1, -0.05) is 22.9 Å². The second-order valence-electron chi connectivity index (χ2n) is 8.00. The van der Waals surface area contributed by atoms with Crippen LogP contribution in [0.1, 0.15) is 18.6 Å². The van der Waals surface area contributed by atoms with E-state index in [9.17, 15) is 22.0 Å². The quantitative estimate of drug-likeness (QED) is 0.312. The molecule has 1 amide bonds. The lowest BCUT2D eigenvalue weighted by molar-refractivity contribution is -0.123. The summed E-state index contributed by atoms with van der Waals surface area (Å²) in [6, 6.07) is 8.23. The molecule has 35 heavy (non-hydrogen) atoms. The third kappa shape index (κ3) is 4.85. The molecule has 4 aromatic rings. The van der Waals surface area contributed by atoms with Gasteiger partial charge in [-0.25, -0.2) is 22.2 Å². The second kappa shape index (κ2) is 9.58. The third-order valence-corrected chi connectivity index (χ3v) is 10.3. The predicted octanol–water partition coefficient (Wildman–Crippen LogP) is 5.52. The van der Waals surface area contributed by atoms with Crippen LogP contribution >= 0.6 is 34.3 Å². The first kappa shape index (κ1) is 24.3. The number of furan rings is 1. The maximum absolute atomic E-state index is 14.3. The van der Waals surface area contributed by atoms with Crippen LogP contribution in [0.15, 0.2) is 51.3 Å². The molecular weight excluding hydrogens is 540 g/mol. The summed E-state index contributed by atoms with van der Waals surface area (Å²) in [6.07, 6.45) is 2.42. The van der Waals surface area contributed by atoms with Crippen LogP contribution in [0.25, 0.3) is 10.2 Å². The molecule has 3 aromatic heterocycles. The Bertz CT molecular complexity index is 1490. The minimum Gasteiger partial charge on any atom is -0.467 e. The Balaban J connectivity index is 1.46. The van der Waals surface area contributed by atoms with Crippen LogP contribution < -0.4 is 4.90 Å². The molecule has 13 heteroatoms. The molecular formula is C22H18ClF2N3O4S3. The smallest absolute Gasteiger partial charge is 0.252 e. The zero-order valence-electron chi connectivity index (χ0n) is 18.0. The molecule has 7 nitrogen and oxygen atoms in total. The molecule has 1 aromatic carbocycles. The van der Waals surface area contributed by atoms with Gasteiger partial charge in [0.05, 0.1) is 27.8 Å². The van der Waals surface area contributed by atoms with Gasteiger partial charge < -0.3 is 4.42 Å². The first-order valence-electron chi connectivity index (χ1n) is 10.6. The standard InChI is InChI=1S/C22H18ClF2N3O4S3/c23-18-5-6-19(34-18)35(30,31)27-7-1-3-13(11-27)21(29)28(12-15-4-2-8-32-15)22-26-20-16(25)9-14(24)10-17(20)33-22/h2,4-6,8-10,13H,1,3,7,11-12H2. The predicted molar refractivity (Wildman–Crippen MR) is 130 cm³/mol. The second-order valence-corrected chi connectivity index (χ2v) is 12.9. The Hall–Kier alpha value is -2.38. The number of thiazole rings is 1. The molecule has 0 spiro atoms. The Labute approximate surface area is 212 Å². The van der Waals surface area contributed by atoms with E-state index in [0.717, 1.165) is 34.8 Å². The molecule has 0 radical (unpaired) electrons. The minimum atomic E-state index is -3.80. The lowest BCUT2D eigenvalue weighted by atomic mass is 9.98. The normalized spacial score (nSPS) is 17.2. The maximum atomic E-state index is 14.3. The van der Waals surface area contributed by atoms with Crippen molar-refractivity contribution in [3.8, 4) is 0 Å². The number of nitrogens with zero attached hydrogens (tertiary/aromatic N) is 3. The molecule has 1 fully saturated rings. The number of rotatable bonds is 6. The van der Waals surface area contributed by atoms with Gasteiger partial charge >= 0.3 is 0 Å². The maximum Gasteiger partial charge on any atom is 0.252 e. The van der Waals surface area contributed by atoms with Crippen molar-refractivity contribution >= 4 is 65.6 Å². The summed E-state index contributed by atoms with van der Waals surface area (Å²) in [7, 11) is -3.80. The summed E-state index contributed by atoms with van der Waals surface area (Å²) in [5.74, 6) is -2.12. The summed E-state index contributed by atoms with van der Waals surface area (Å²) in [5.41, 5.74) is -0.0360. The van der Waals surface area contributed by atoms with Crippen LogP contribution in [-0.4, -0.2) is 36.7 Å². The lowest BCUT2D eigenvalue weighted by Gasteiger charge is -2.33. The number of amides is 1. The van der Waals surface area contributed by atoms with Crippen LogP contribution in [0.4, 0.5) is 13.9 Å². The highest BCUT2D eigenvalue weighted by molar-refractivity contribution is 7.91. The average molecular weight is 558 g/mol. The van der Waals surface area contributed by atoms with Gasteiger partial charge in [0.15, 0.2) is 10.9 Å². The van der Waals surface area contributed by atoms with Crippen molar-refractivity contribution < 1.29 is 26.4 Å². The van der Waals surface area contributed by atoms with Gasteiger partial charge in [-0.2, -0.15) is 4.31 Å². The fraction of sp³-hybridized carbons (Fsp3) is 0.273. The van der Waals surface area contributed by atoms with E-state index in [1.807, 2.05) is 0 Å². The summed E-state index contributed by atoms with van der Waals surface area (Å²) in [6.45, 7) is 0.282. The van der Waals surface area contributed by atoms with Crippen LogP contribution in [-0.2, 0) is 21.4 Å². The number of thiophene rings is 1. The largest absolute Gasteiger partial charge is 0.467 e. The van der Waals surface area contributed by atoms with Crippen LogP contribution in [0.5, 0.6) is 0 Å². The third-order valence-electron chi connectivity index (χ3n) is 5.67. The topological polar surface area (TPSA) is 83.7 Å². The van der Waals surface area contributed by atoms with E-state index in [4.69, 9.17) is 16.0 Å². The van der Waals surface area contributed by atoms with Crippen LogP contribution in [0.3, 0.4) is 0 Å². The molecule has 1 atom stereocenters. The Morgan fingerprint density at radius 3 is 2.80 bits per heavy atom. The highest BCUT2D eigenvalue weighted by Crippen LogP contribution is 2.35. The molecule has 0 aliphatic carbocycles. The van der Waals surface area contributed by atoms with Crippen molar-refractivity contribution in [2.75, 3.05) is 18.0 Å². The molecule has 0 saturated carbocycles. The van der Waals surface area contributed by atoms with E-state index in [1.165, 1.54) is 27.6 Å². The minimum absolute atomic E-state index is 0.0134. The molecule has 0 bridgehead atoms. The summed E-state index contributed by atoms with van der Waals surface area (Å²) in [5, 5.41) is 0.177. The number of aromatic nitrogens is 1. The van der Waals surface area contributed by atoms with Gasteiger partial charge in [-0.3, -0.25) is 9.69 Å². The van der Waals surface area contributed by atoms with E-state index >= 15 is 0 Å². The van der Waals surface area contributed by atoms with Gasteiger partial charge in [0.1, 0.15) is 21.3 Å². The Morgan fingerprint density at radius 1 is 1.26 bits per heavy atom. The molecule has 1 unspecified atom stereocenters. The molecule has 4 heterocycles. The van der Waals surface area contributed by atoms with E-state index in [0.29, 0.717) is 22.9 Å². The molecule has 0 N–H and O–H groups in total. The number of hydrogen-bond acceptors (Lipinski definition) is 7. The fourth-order valence-electron chi connectivity index (χ4n) is 4.01. The number of carbonyl (C=O) groups is 1. The van der Waals surface area contributed by atoms with Gasteiger partial charge in [-0.15, -0.1) is 11.3 Å². The summed E-state index contributed by atoms with van der Waals surface area (Å²) in [4.78, 5) is 19.3. The monoisotopic (exact) mass is 557 g/mol. The number of benzene rings is 1. The van der Waals surface area contributed by atoms with Crippen LogP contribution in [0, 0.1) is 17.6 Å². The van der Waals surface area contributed by atoms with E-state index in [1.54, 1.807) is 12.1 Å². The number of anilines is 1. The van der Waals surface area contributed by atoms with Crippen molar-refractivity contribution in [1.29, 1.82) is 0 Å². The molecule has 184 valence electrons. The van der Waals surface area contributed by atoms with Crippen molar-refractivity contribution in [3.63, 3.8) is 0 Å². The highest BCUT2D eigenvalue weighted by atomic mass is 35.5. The van der Waals surface area contributed by atoms with E-state index < -0.39 is 27.6 Å². The molecule has 1 aliphatic heterocycles. The zero-order valence-corrected chi connectivity index (χ0v) is 21.2. The Morgan fingerprint density at radius 2 is 2.09 bits per heavy atom. The number of carbonyl (C=O) groups excluding carboxylic acids is 1. The number of hydrogen-bond donors (Lipinski definition) is 0. The number of sulfonamides is 1. The van der Waals surface area contributed by atoms with Crippen molar-refractivity contribution in [2.24, 2.45) is 5.92 Å².